The van der Waals surface area contributed by atoms with Crippen molar-refractivity contribution in [2.24, 2.45) is 0 Å². The predicted octanol–water partition coefficient (Wildman–Crippen LogP) is 11.3. The topological polar surface area (TPSA) is 3.24 Å². The van der Waals surface area contributed by atoms with Gasteiger partial charge in [-0.25, -0.2) is 4.39 Å². The lowest BCUT2D eigenvalue weighted by Crippen LogP contribution is -2.32. The Morgan fingerprint density at radius 2 is 0.905 bits per heavy atom. The minimum absolute atomic E-state index is 0.216. The third kappa shape index (κ3) is 4.40. The molecule has 0 saturated carbocycles. The van der Waals surface area contributed by atoms with Crippen LogP contribution in [0.5, 0.6) is 0 Å². The van der Waals surface area contributed by atoms with Gasteiger partial charge in [0.15, 0.2) is 0 Å². The first-order valence-electron chi connectivity index (χ1n) is 14.6. The van der Waals surface area contributed by atoms with Crippen LogP contribution >= 0.6 is 0 Å². The average molecular weight is 546 g/mol. The smallest absolute Gasteiger partial charge is 0.123 e. The molecule has 0 N–H and O–H groups in total. The van der Waals surface area contributed by atoms with Crippen LogP contribution in [0.1, 0.15) is 31.4 Å². The molecule has 0 amide bonds. The number of hydrogen-bond donors (Lipinski definition) is 0. The molecule has 1 nitrogen and oxygen atoms in total. The van der Waals surface area contributed by atoms with Gasteiger partial charge in [0.05, 0.1) is 11.4 Å². The van der Waals surface area contributed by atoms with Crippen LogP contribution in [0.2, 0.25) is 0 Å². The highest BCUT2D eigenvalue weighted by molar-refractivity contribution is 5.89. The normalized spacial score (nSPS) is 15.6. The summed E-state index contributed by atoms with van der Waals surface area (Å²) < 4.78 is 13.8. The van der Waals surface area contributed by atoms with Gasteiger partial charge in [0.2, 0.25) is 0 Å². The highest BCUT2D eigenvalue weighted by Crippen LogP contribution is 2.54. The van der Waals surface area contributed by atoms with Crippen LogP contribution in [-0.4, -0.2) is 0 Å². The molecule has 2 heteroatoms. The largest absolute Gasteiger partial charge is 0.310 e. The van der Waals surface area contributed by atoms with Crippen LogP contribution in [0.15, 0.2) is 146 Å². The summed E-state index contributed by atoms with van der Waals surface area (Å²) in [4.78, 5) is 2.40. The molecular formula is C40H32FN. The average Bonchev–Trinajstić information content (AvgIpc) is 3.06. The molecule has 1 aliphatic rings. The summed E-state index contributed by atoms with van der Waals surface area (Å²) in [5.74, 6) is -0.220. The number of benzene rings is 6. The fraction of sp³-hybridized carbons (Fsp3) is 0.100. The van der Waals surface area contributed by atoms with Crippen LogP contribution < -0.4 is 4.90 Å². The Balaban J connectivity index is 1.43. The molecule has 42 heavy (non-hydrogen) atoms. The van der Waals surface area contributed by atoms with Crippen molar-refractivity contribution in [3.05, 3.63) is 163 Å². The number of rotatable bonds is 5. The molecule has 1 heterocycles. The molecule has 1 atom stereocenters. The van der Waals surface area contributed by atoms with E-state index in [2.05, 4.69) is 134 Å². The van der Waals surface area contributed by atoms with Gasteiger partial charge in [-0.05, 0) is 99.5 Å². The molecule has 0 saturated heterocycles. The van der Waals surface area contributed by atoms with Gasteiger partial charge in [-0.1, -0.05) is 111 Å². The third-order valence-electron chi connectivity index (χ3n) is 8.89. The van der Waals surface area contributed by atoms with E-state index >= 15 is 0 Å². The highest BCUT2D eigenvalue weighted by atomic mass is 19.1. The molecule has 0 fully saturated rings. The Bertz CT molecular complexity index is 1860. The molecule has 0 radical (unpaired) electrons. The molecule has 1 unspecified atom stereocenters. The lowest BCUT2D eigenvalue weighted by Gasteiger charge is -2.44. The van der Waals surface area contributed by atoms with Gasteiger partial charge in [0, 0.05) is 11.1 Å². The number of anilines is 3. The van der Waals surface area contributed by atoms with Gasteiger partial charge in [-0.2, -0.15) is 0 Å². The Morgan fingerprint density at radius 3 is 1.40 bits per heavy atom. The van der Waals surface area contributed by atoms with E-state index in [9.17, 15) is 4.39 Å². The molecular weight excluding hydrogens is 513 g/mol. The summed E-state index contributed by atoms with van der Waals surface area (Å²) >= 11 is 0. The lowest BCUT2D eigenvalue weighted by molar-refractivity contribution is 0.544. The monoisotopic (exact) mass is 545 g/mol. The number of halogens is 1. The summed E-state index contributed by atoms with van der Waals surface area (Å²) in [5, 5.41) is 0. The van der Waals surface area contributed by atoms with Gasteiger partial charge in [0.25, 0.3) is 0 Å². The van der Waals surface area contributed by atoms with E-state index in [1.54, 1.807) is 0 Å². The molecule has 204 valence electrons. The molecule has 6 aromatic carbocycles. The van der Waals surface area contributed by atoms with Crippen molar-refractivity contribution in [1.29, 1.82) is 0 Å². The standard InChI is InChI=1S/C40H32FN/c1-3-40(2)36-26-32(29-12-8-5-9-13-29)18-24-38(36)42(35-22-16-30(17-23-35)28-10-6-4-7-11-28)39-25-19-33(27-37(39)40)31-14-20-34(41)21-15-31/h4-27H,3H2,1-2H3. The number of hydrogen-bond acceptors (Lipinski definition) is 1. The van der Waals surface area contributed by atoms with Crippen LogP contribution in [0.25, 0.3) is 33.4 Å². The van der Waals surface area contributed by atoms with Crippen molar-refractivity contribution in [3.63, 3.8) is 0 Å². The van der Waals surface area contributed by atoms with Crippen LogP contribution in [0.3, 0.4) is 0 Å². The number of fused-ring (bicyclic) bond motifs is 2. The van der Waals surface area contributed by atoms with Crippen LogP contribution in [0.4, 0.5) is 21.5 Å². The Hall–Kier alpha value is -4.95. The fourth-order valence-corrected chi connectivity index (χ4v) is 6.35. The maximum Gasteiger partial charge on any atom is 0.123 e. The first kappa shape index (κ1) is 26.0. The van der Waals surface area contributed by atoms with Crippen molar-refractivity contribution in [2.45, 2.75) is 25.7 Å². The van der Waals surface area contributed by atoms with E-state index in [-0.39, 0.29) is 11.2 Å². The van der Waals surface area contributed by atoms with Crippen molar-refractivity contribution >= 4 is 17.1 Å². The van der Waals surface area contributed by atoms with Crippen molar-refractivity contribution < 1.29 is 4.39 Å². The maximum atomic E-state index is 13.8. The molecule has 7 rings (SSSR count). The Morgan fingerprint density at radius 1 is 0.500 bits per heavy atom. The molecule has 0 spiro atoms. The second kappa shape index (κ2) is 10.5. The van der Waals surface area contributed by atoms with E-state index in [1.165, 1.54) is 56.9 Å². The molecule has 0 bridgehead atoms. The van der Waals surface area contributed by atoms with E-state index in [4.69, 9.17) is 0 Å². The third-order valence-corrected chi connectivity index (χ3v) is 8.89. The summed E-state index contributed by atoms with van der Waals surface area (Å²) in [7, 11) is 0. The van der Waals surface area contributed by atoms with E-state index < -0.39 is 0 Å². The van der Waals surface area contributed by atoms with Crippen LogP contribution in [0, 0.1) is 5.82 Å². The predicted molar refractivity (Wildman–Crippen MR) is 174 cm³/mol. The summed E-state index contributed by atoms with van der Waals surface area (Å²) in [6, 6.07) is 50.4. The zero-order valence-corrected chi connectivity index (χ0v) is 23.9. The first-order valence-corrected chi connectivity index (χ1v) is 14.6. The quantitative estimate of drug-likeness (QED) is 0.208. The van der Waals surface area contributed by atoms with Gasteiger partial charge >= 0.3 is 0 Å². The van der Waals surface area contributed by atoms with Crippen LogP contribution in [-0.2, 0) is 5.41 Å². The molecule has 6 aromatic rings. The van der Waals surface area contributed by atoms with Gasteiger partial charge in [-0.3, -0.25) is 0 Å². The van der Waals surface area contributed by atoms with Crippen molar-refractivity contribution in [1.82, 2.24) is 0 Å². The molecule has 1 aliphatic heterocycles. The minimum atomic E-state index is -0.220. The zero-order valence-electron chi connectivity index (χ0n) is 23.9. The number of nitrogens with zero attached hydrogens (tertiary/aromatic N) is 1. The SMILES string of the molecule is CCC1(C)c2cc(-c3ccccc3)ccc2N(c2ccc(-c3ccccc3)cc2)c2ccc(-c3ccc(F)cc3)cc21. The van der Waals surface area contributed by atoms with E-state index in [0.717, 1.165) is 23.2 Å². The first-order chi connectivity index (χ1) is 20.5. The van der Waals surface area contributed by atoms with E-state index in [1.807, 2.05) is 18.2 Å². The summed E-state index contributed by atoms with van der Waals surface area (Å²) in [5.41, 5.74) is 12.8. The Kier molecular flexibility index (Phi) is 6.47. The second-order valence-corrected chi connectivity index (χ2v) is 11.3. The Labute approximate surface area is 247 Å². The fourth-order valence-electron chi connectivity index (χ4n) is 6.35. The van der Waals surface area contributed by atoms with Gasteiger partial charge in [0.1, 0.15) is 5.82 Å². The van der Waals surface area contributed by atoms with Crippen molar-refractivity contribution in [3.8, 4) is 33.4 Å². The van der Waals surface area contributed by atoms with Crippen molar-refractivity contribution in [2.75, 3.05) is 4.90 Å². The zero-order chi connectivity index (χ0) is 28.7. The molecule has 0 aliphatic carbocycles. The van der Waals surface area contributed by atoms with E-state index in [0.29, 0.717) is 0 Å². The van der Waals surface area contributed by atoms with Gasteiger partial charge < -0.3 is 4.90 Å². The summed E-state index contributed by atoms with van der Waals surface area (Å²) in [6.45, 7) is 4.64. The minimum Gasteiger partial charge on any atom is -0.310 e. The second-order valence-electron chi connectivity index (χ2n) is 11.3. The molecule has 0 aromatic heterocycles. The lowest BCUT2D eigenvalue weighted by atomic mass is 9.69. The maximum absolute atomic E-state index is 13.8. The van der Waals surface area contributed by atoms with Gasteiger partial charge in [-0.15, -0.1) is 0 Å². The highest BCUT2D eigenvalue weighted by Gasteiger charge is 2.39. The summed E-state index contributed by atoms with van der Waals surface area (Å²) in [6.07, 6.45) is 0.943.